The van der Waals surface area contributed by atoms with Gasteiger partial charge in [-0.15, -0.1) is 0 Å². The van der Waals surface area contributed by atoms with Crippen molar-refractivity contribution in [1.29, 1.82) is 21.0 Å². The predicted octanol–water partition coefficient (Wildman–Crippen LogP) is 14.7. The summed E-state index contributed by atoms with van der Waals surface area (Å²) >= 11 is 0. The zero-order chi connectivity index (χ0) is 46.8. The van der Waals surface area contributed by atoms with E-state index in [9.17, 15) is 21.0 Å². The smallest absolute Gasteiger partial charge is 0.160 e. The van der Waals surface area contributed by atoms with Crippen LogP contribution in [0.2, 0.25) is 0 Å². The molecule has 2 heterocycles. The first kappa shape index (κ1) is 41.5. The number of nitrogens with zero attached hydrogens (tertiary/aromatic N) is 7. The van der Waals surface area contributed by atoms with Gasteiger partial charge in [-0.25, -0.2) is 9.97 Å². The van der Waals surface area contributed by atoms with Gasteiger partial charge in [0.15, 0.2) is 5.82 Å². The van der Waals surface area contributed by atoms with Crippen molar-refractivity contribution in [1.82, 2.24) is 14.5 Å². The van der Waals surface area contributed by atoms with Crippen molar-refractivity contribution in [2.75, 3.05) is 0 Å². The van der Waals surface area contributed by atoms with E-state index in [-0.39, 0.29) is 0 Å². The fraction of sp³-hybridized carbons (Fsp3) is 0. The number of aromatic nitrogens is 3. The van der Waals surface area contributed by atoms with Crippen molar-refractivity contribution >= 4 is 21.8 Å². The van der Waals surface area contributed by atoms with E-state index in [1.165, 1.54) is 0 Å². The van der Waals surface area contributed by atoms with Gasteiger partial charge in [-0.2, -0.15) is 21.0 Å². The van der Waals surface area contributed by atoms with Crippen LogP contribution < -0.4 is 0 Å². The lowest BCUT2D eigenvalue weighted by Crippen LogP contribution is -2.03. The number of hydrogen-bond acceptors (Lipinski definition) is 6. The monoisotopic (exact) mass is 877 g/mol. The molecule has 7 nitrogen and oxygen atoms in total. The Hall–Kier alpha value is -10.2. The SMILES string of the molecule is N#Cc1ccc(-c2cc(-c3cc(-c4ccccc4)nc(-c4ccccc4)n3)cc(-c3ccc(C#N)cc3)c2-n2c3ccc(-c4cccc(C#N)c4)cc3c3cc(-c4cccc(C#N)c4)ccc32)cc1. The summed E-state index contributed by atoms with van der Waals surface area (Å²) in [6.45, 7) is 0. The lowest BCUT2D eigenvalue weighted by Gasteiger charge is -2.21. The Labute approximate surface area is 398 Å². The molecule has 11 aromatic rings. The van der Waals surface area contributed by atoms with Crippen LogP contribution in [-0.2, 0) is 0 Å². The molecule has 11 rings (SSSR count). The Morgan fingerprint density at radius 2 is 0.710 bits per heavy atom. The van der Waals surface area contributed by atoms with Crippen LogP contribution in [0.25, 0.3) is 106 Å². The number of nitriles is 4. The zero-order valence-electron chi connectivity index (χ0n) is 36.8. The molecule has 0 spiro atoms. The summed E-state index contributed by atoms with van der Waals surface area (Å²) in [4.78, 5) is 10.4. The predicted molar refractivity (Wildman–Crippen MR) is 273 cm³/mol. The van der Waals surface area contributed by atoms with E-state index in [0.717, 1.165) is 100 Å². The molecule has 0 aliphatic heterocycles. The van der Waals surface area contributed by atoms with Gasteiger partial charge in [0.05, 0.1) is 74.6 Å². The molecule has 0 fully saturated rings. The molecule has 0 N–H and O–H groups in total. The lowest BCUT2D eigenvalue weighted by atomic mass is 9.91. The Bertz CT molecular complexity index is 3720. The number of rotatable bonds is 8. The molecule has 0 aliphatic rings. The normalized spacial score (nSPS) is 10.8. The maximum Gasteiger partial charge on any atom is 0.160 e. The van der Waals surface area contributed by atoms with Crippen LogP contribution in [0.5, 0.6) is 0 Å². The van der Waals surface area contributed by atoms with Crippen LogP contribution in [0.15, 0.2) is 212 Å². The van der Waals surface area contributed by atoms with Gasteiger partial charge < -0.3 is 4.57 Å². The van der Waals surface area contributed by atoms with E-state index < -0.39 is 0 Å². The third-order valence-electron chi connectivity index (χ3n) is 12.5. The van der Waals surface area contributed by atoms with E-state index in [2.05, 4.69) is 77.4 Å². The maximum absolute atomic E-state index is 9.95. The first-order chi connectivity index (χ1) is 34.0. The Morgan fingerprint density at radius 1 is 0.304 bits per heavy atom. The molecule has 0 aliphatic carbocycles. The summed E-state index contributed by atoms with van der Waals surface area (Å²) in [5, 5.41) is 41.6. The van der Waals surface area contributed by atoms with E-state index in [1.807, 2.05) is 152 Å². The molecule has 0 saturated heterocycles. The van der Waals surface area contributed by atoms with E-state index in [4.69, 9.17) is 9.97 Å². The van der Waals surface area contributed by atoms with Crippen molar-refractivity contribution in [3.05, 3.63) is 235 Å². The van der Waals surface area contributed by atoms with E-state index in [0.29, 0.717) is 28.1 Å². The highest BCUT2D eigenvalue weighted by Crippen LogP contribution is 2.45. The summed E-state index contributed by atoms with van der Waals surface area (Å²) in [7, 11) is 0. The number of benzene rings is 9. The van der Waals surface area contributed by atoms with Crippen LogP contribution >= 0.6 is 0 Å². The molecule has 2 aromatic heterocycles. The van der Waals surface area contributed by atoms with Crippen molar-refractivity contribution < 1.29 is 0 Å². The molecular formula is C62H35N7. The van der Waals surface area contributed by atoms with Gasteiger partial charge in [0.1, 0.15) is 0 Å². The first-order valence-electron chi connectivity index (χ1n) is 22.3. The molecule has 9 aromatic carbocycles. The van der Waals surface area contributed by atoms with Crippen molar-refractivity contribution in [3.8, 4) is 108 Å². The lowest BCUT2D eigenvalue weighted by molar-refractivity contribution is 1.17. The van der Waals surface area contributed by atoms with Crippen LogP contribution in [0, 0.1) is 45.3 Å². The highest BCUT2D eigenvalue weighted by molar-refractivity contribution is 6.13. The minimum Gasteiger partial charge on any atom is -0.308 e. The van der Waals surface area contributed by atoms with Crippen molar-refractivity contribution in [2.24, 2.45) is 0 Å². The Kier molecular flexibility index (Phi) is 10.6. The highest BCUT2D eigenvalue weighted by atomic mass is 15.0. The molecule has 7 heteroatoms. The molecule has 0 bridgehead atoms. The standard InChI is InChI=1S/C62H35N7/c63-36-40-17-21-44(22-18-40)53-33-52(58-35-57(46-11-3-1-4-12-46)67-62(68-58)47-13-5-2-6-14-47)34-54(45-23-19-41(37-64)20-24-45)61(53)69-59-27-25-50(48-15-7-9-42(29-48)38-65)31-55(59)56-32-51(26-28-60(56)69)49-16-8-10-43(30-49)39-66/h1-35H. The Balaban J connectivity index is 1.26. The summed E-state index contributed by atoms with van der Waals surface area (Å²) < 4.78 is 2.31. The molecule has 0 atom stereocenters. The van der Waals surface area contributed by atoms with Crippen molar-refractivity contribution in [3.63, 3.8) is 0 Å². The summed E-state index contributed by atoms with van der Waals surface area (Å²) in [6.07, 6.45) is 0. The molecular weight excluding hydrogens is 843 g/mol. The van der Waals surface area contributed by atoms with Crippen LogP contribution in [-0.4, -0.2) is 14.5 Å². The summed E-state index contributed by atoms with van der Waals surface area (Å²) in [5.74, 6) is 0.588. The Morgan fingerprint density at radius 3 is 1.17 bits per heavy atom. The molecule has 318 valence electrons. The second-order valence-electron chi connectivity index (χ2n) is 16.7. The van der Waals surface area contributed by atoms with Crippen LogP contribution in [0.4, 0.5) is 0 Å². The third-order valence-corrected chi connectivity index (χ3v) is 12.5. The van der Waals surface area contributed by atoms with Gasteiger partial charge in [0, 0.05) is 38.6 Å². The molecule has 69 heavy (non-hydrogen) atoms. The van der Waals surface area contributed by atoms with Crippen molar-refractivity contribution in [2.45, 2.75) is 0 Å². The van der Waals surface area contributed by atoms with Gasteiger partial charge in [-0.05, 0) is 124 Å². The molecule has 0 amide bonds. The minimum atomic E-state index is 0.539. The zero-order valence-corrected chi connectivity index (χ0v) is 36.8. The quantitative estimate of drug-likeness (QED) is 0.150. The van der Waals surface area contributed by atoms with Gasteiger partial charge in [0.2, 0.25) is 0 Å². The largest absolute Gasteiger partial charge is 0.308 e. The number of hydrogen-bond donors (Lipinski definition) is 0. The third kappa shape index (κ3) is 7.82. The topological polar surface area (TPSA) is 126 Å². The maximum atomic E-state index is 9.95. The van der Waals surface area contributed by atoms with E-state index >= 15 is 0 Å². The molecule has 0 unspecified atom stereocenters. The average molecular weight is 878 g/mol. The molecule has 0 radical (unpaired) electrons. The van der Waals surface area contributed by atoms with E-state index in [1.54, 1.807) is 12.1 Å². The van der Waals surface area contributed by atoms with Crippen LogP contribution in [0.3, 0.4) is 0 Å². The first-order valence-corrected chi connectivity index (χ1v) is 22.3. The second kappa shape index (κ2) is 17.7. The fourth-order valence-electron chi connectivity index (χ4n) is 9.14. The van der Waals surface area contributed by atoms with Gasteiger partial charge in [-0.1, -0.05) is 121 Å². The van der Waals surface area contributed by atoms with Gasteiger partial charge in [-0.3, -0.25) is 0 Å². The summed E-state index contributed by atoms with van der Waals surface area (Å²) in [5.41, 5.74) is 16.4. The van der Waals surface area contributed by atoms with Gasteiger partial charge >= 0.3 is 0 Å². The number of fused-ring (bicyclic) bond motifs is 3. The van der Waals surface area contributed by atoms with Crippen LogP contribution in [0.1, 0.15) is 22.3 Å². The molecule has 0 saturated carbocycles. The summed E-state index contributed by atoms with van der Waals surface area (Å²) in [6, 6.07) is 79.1. The minimum absolute atomic E-state index is 0.539. The fourth-order valence-corrected chi connectivity index (χ4v) is 9.14. The van der Waals surface area contributed by atoms with Gasteiger partial charge in [0.25, 0.3) is 0 Å². The average Bonchev–Trinajstić information content (AvgIpc) is 3.75. The highest BCUT2D eigenvalue weighted by Gasteiger charge is 2.24. The second-order valence-corrected chi connectivity index (χ2v) is 16.7.